The van der Waals surface area contributed by atoms with Crippen LogP contribution >= 0.6 is 0 Å². The van der Waals surface area contributed by atoms with Crippen molar-refractivity contribution in [3.8, 4) is 5.75 Å². The van der Waals surface area contributed by atoms with Gasteiger partial charge in [-0.25, -0.2) is 0 Å². The minimum atomic E-state index is 0. The Labute approximate surface area is 187 Å². The van der Waals surface area contributed by atoms with Crippen LogP contribution in [-0.2, 0) is 17.7 Å². The van der Waals surface area contributed by atoms with Crippen LogP contribution in [0.4, 0.5) is 0 Å². The fraction of sp³-hybridized carbons (Fsp3) is 0.520. The number of unbranched alkanes of at least 4 members (excludes halogenated alkanes) is 2. The van der Waals surface area contributed by atoms with Crippen LogP contribution in [0.2, 0.25) is 0 Å². The number of halogens is 1. The molecule has 2 aromatic rings. The normalized spacial score (nSPS) is 15.5. The highest BCUT2D eigenvalue weighted by Crippen LogP contribution is 2.19. The van der Waals surface area contributed by atoms with E-state index in [0.717, 1.165) is 62.7 Å². The highest BCUT2D eigenvalue weighted by Gasteiger charge is 2.30. The number of rotatable bonds is 11. The predicted molar refractivity (Wildman–Crippen MR) is 116 cm³/mol. The zero-order valence-corrected chi connectivity index (χ0v) is 19.4. The average Bonchev–Trinajstić information content (AvgIpc) is 2.74. The summed E-state index contributed by atoms with van der Waals surface area (Å²) in [5.74, 6) is 0.996. The third kappa shape index (κ3) is 8.12. The summed E-state index contributed by atoms with van der Waals surface area (Å²) in [6, 6.07) is 19.6. The summed E-state index contributed by atoms with van der Waals surface area (Å²) in [5, 5.41) is 0. The molecule has 0 radical (unpaired) electrons. The van der Waals surface area contributed by atoms with Crippen molar-refractivity contribution in [3.05, 3.63) is 65.7 Å². The second kappa shape index (κ2) is 13.0. The maximum atomic E-state index is 6.03. The SMILES string of the molecule is CCCCCc1ccc(OCCC[N+]2(Cc3ccccc3)CCOCC2)cc1.[Br-]. The van der Waals surface area contributed by atoms with Gasteiger partial charge in [-0.1, -0.05) is 62.2 Å². The van der Waals surface area contributed by atoms with Crippen LogP contribution in [0, 0.1) is 0 Å². The van der Waals surface area contributed by atoms with E-state index in [1.165, 1.54) is 36.8 Å². The number of aryl methyl sites for hydroxylation is 1. The lowest BCUT2D eigenvalue weighted by atomic mass is 10.1. The molecule has 0 unspecified atom stereocenters. The molecule has 0 aliphatic carbocycles. The number of morpholine rings is 1. The second-order valence-corrected chi connectivity index (χ2v) is 8.07. The van der Waals surface area contributed by atoms with Gasteiger partial charge in [0.2, 0.25) is 0 Å². The lowest BCUT2D eigenvalue weighted by molar-refractivity contribution is -0.947. The molecule has 3 nitrogen and oxygen atoms in total. The highest BCUT2D eigenvalue weighted by atomic mass is 79.9. The van der Waals surface area contributed by atoms with Crippen molar-refractivity contribution in [2.75, 3.05) is 39.5 Å². The monoisotopic (exact) mass is 461 g/mol. The van der Waals surface area contributed by atoms with E-state index in [2.05, 4.69) is 61.5 Å². The van der Waals surface area contributed by atoms with Crippen molar-refractivity contribution in [1.29, 1.82) is 0 Å². The highest BCUT2D eigenvalue weighted by molar-refractivity contribution is 5.27. The molecule has 160 valence electrons. The van der Waals surface area contributed by atoms with Crippen LogP contribution in [0.25, 0.3) is 0 Å². The average molecular weight is 462 g/mol. The Morgan fingerprint density at radius 2 is 1.59 bits per heavy atom. The molecule has 29 heavy (non-hydrogen) atoms. The van der Waals surface area contributed by atoms with Gasteiger partial charge in [-0.15, -0.1) is 0 Å². The van der Waals surface area contributed by atoms with E-state index in [1.807, 2.05) is 0 Å². The van der Waals surface area contributed by atoms with Crippen molar-refractivity contribution in [1.82, 2.24) is 0 Å². The Hall–Kier alpha value is -1.36. The minimum absolute atomic E-state index is 0. The summed E-state index contributed by atoms with van der Waals surface area (Å²) in [4.78, 5) is 0. The summed E-state index contributed by atoms with van der Waals surface area (Å²) in [7, 11) is 0. The molecule has 3 rings (SSSR count). The van der Waals surface area contributed by atoms with Crippen molar-refractivity contribution >= 4 is 0 Å². The van der Waals surface area contributed by atoms with Gasteiger partial charge in [0.1, 0.15) is 25.4 Å². The second-order valence-electron chi connectivity index (χ2n) is 8.07. The van der Waals surface area contributed by atoms with Gasteiger partial charge in [0, 0.05) is 12.0 Å². The lowest BCUT2D eigenvalue weighted by Crippen LogP contribution is -3.00. The number of nitrogens with zero attached hydrogens (tertiary/aromatic N) is 1. The summed E-state index contributed by atoms with van der Waals surface area (Å²) >= 11 is 0. The first-order valence-electron chi connectivity index (χ1n) is 11.0. The molecule has 1 heterocycles. The molecule has 0 N–H and O–H groups in total. The maximum absolute atomic E-state index is 6.03. The van der Waals surface area contributed by atoms with Crippen LogP contribution < -0.4 is 21.7 Å². The molecular weight excluding hydrogens is 426 g/mol. The van der Waals surface area contributed by atoms with Gasteiger partial charge >= 0.3 is 0 Å². The molecule has 4 heteroatoms. The van der Waals surface area contributed by atoms with Crippen molar-refractivity contribution in [2.45, 2.75) is 45.6 Å². The third-order valence-corrected chi connectivity index (χ3v) is 5.82. The molecule has 0 saturated carbocycles. The van der Waals surface area contributed by atoms with Gasteiger partial charge in [-0.2, -0.15) is 0 Å². The molecule has 0 atom stereocenters. The van der Waals surface area contributed by atoms with Gasteiger partial charge < -0.3 is 30.9 Å². The van der Waals surface area contributed by atoms with E-state index in [1.54, 1.807) is 0 Å². The molecule has 2 aromatic carbocycles. The molecule has 1 aliphatic rings. The maximum Gasteiger partial charge on any atom is 0.119 e. The number of hydrogen-bond acceptors (Lipinski definition) is 2. The summed E-state index contributed by atoms with van der Waals surface area (Å²) < 4.78 is 12.8. The fourth-order valence-corrected chi connectivity index (χ4v) is 4.08. The number of hydrogen-bond donors (Lipinski definition) is 0. The van der Waals surface area contributed by atoms with Crippen molar-refractivity contribution < 1.29 is 30.9 Å². The van der Waals surface area contributed by atoms with Crippen LogP contribution in [0.5, 0.6) is 5.75 Å². The van der Waals surface area contributed by atoms with Gasteiger partial charge in [0.25, 0.3) is 0 Å². The molecule has 0 amide bonds. The largest absolute Gasteiger partial charge is 1.00 e. The van der Waals surface area contributed by atoms with Crippen LogP contribution in [0.3, 0.4) is 0 Å². The quantitative estimate of drug-likeness (QED) is 0.377. The standard InChI is InChI=1S/C25H36NO2.BrH/c1-2-3-5-9-23-12-14-25(15-13-23)28-19-8-16-26(17-20-27-21-18-26)22-24-10-6-4-7-11-24;/h4,6-7,10-15H,2-3,5,8-9,16-22H2,1H3;1H/q+1;/p-1. The van der Waals surface area contributed by atoms with Crippen LogP contribution in [0.15, 0.2) is 54.6 Å². The fourth-order valence-electron chi connectivity index (χ4n) is 4.08. The molecule has 0 aromatic heterocycles. The van der Waals surface area contributed by atoms with Gasteiger partial charge in [0.05, 0.1) is 26.4 Å². The Kier molecular flexibility index (Phi) is 10.8. The van der Waals surface area contributed by atoms with E-state index in [0.29, 0.717) is 0 Å². The van der Waals surface area contributed by atoms with Crippen LogP contribution in [-0.4, -0.2) is 43.9 Å². The van der Waals surface area contributed by atoms with Crippen molar-refractivity contribution in [2.24, 2.45) is 0 Å². The topological polar surface area (TPSA) is 18.5 Å². The molecule has 1 saturated heterocycles. The molecular formula is C25H36BrNO2. The molecule has 0 spiro atoms. The predicted octanol–water partition coefficient (Wildman–Crippen LogP) is 2.24. The Morgan fingerprint density at radius 3 is 2.28 bits per heavy atom. The van der Waals surface area contributed by atoms with E-state index < -0.39 is 0 Å². The van der Waals surface area contributed by atoms with E-state index >= 15 is 0 Å². The van der Waals surface area contributed by atoms with E-state index in [-0.39, 0.29) is 17.0 Å². The van der Waals surface area contributed by atoms with Gasteiger partial charge in [-0.3, -0.25) is 0 Å². The summed E-state index contributed by atoms with van der Waals surface area (Å²) in [6.07, 6.45) is 6.12. The summed E-state index contributed by atoms with van der Waals surface area (Å²) in [5.41, 5.74) is 2.84. The smallest absolute Gasteiger partial charge is 0.119 e. The molecule has 0 bridgehead atoms. The van der Waals surface area contributed by atoms with E-state index in [9.17, 15) is 0 Å². The first-order chi connectivity index (χ1) is 13.8. The van der Waals surface area contributed by atoms with Crippen molar-refractivity contribution in [3.63, 3.8) is 0 Å². The molecule has 1 fully saturated rings. The Morgan fingerprint density at radius 1 is 0.862 bits per heavy atom. The minimum Gasteiger partial charge on any atom is -1.00 e. The first-order valence-corrected chi connectivity index (χ1v) is 11.0. The zero-order chi connectivity index (χ0) is 19.5. The summed E-state index contributed by atoms with van der Waals surface area (Å²) in [6.45, 7) is 9.21. The number of ether oxygens (including phenoxy) is 2. The number of quaternary nitrogens is 1. The van der Waals surface area contributed by atoms with Crippen LogP contribution in [0.1, 0.15) is 43.7 Å². The first kappa shape index (κ1) is 23.9. The Balaban J connectivity index is 0.00000300. The zero-order valence-electron chi connectivity index (χ0n) is 17.8. The lowest BCUT2D eigenvalue weighted by Gasteiger charge is -2.41. The number of benzene rings is 2. The Bertz CT molecular complexity index is 669. The molecule has 1 aliphatic heterocycles. The third-order valence-electron chi connectivity index (χ3n) is 5.82. The van der Waals surface area contributed by atoms with Gasteiger partial charge in [-0.05, 0) is 30.5 Å². The van der Waals surface area contributed by atoms with Gasteiger partial charge in [0.15, 0.2) is 0 Å². The van der Waals surface area contributed by atoms with E-state index in [4.69, 9.17) is 9.47 Å².